The molecule has 0 amide bonds. The summed E-state index contributed by atoms with van der Waals surface area (Å²) in [6, 6.07) is 0.780. The molecule has 18 heavy (non-hydrogen) atoms. The first kappa shape index (κ1) is 15.1. The van der Waals surface area contributed by atoms with E-state index in [4.69, 9.17) is 0 Å². The summed E-state index contributed by atoms with van der Waals surface area (Å²) < 4.78 is 0. The second-order valence-corrected chi connectivity index (χ2v) is 8.27. The van der Waals surface area contributed by atoms with Gasteiger partial charge in [0.2, 0.25) is 0 Å². The second-order valence-electron chi connectivity index (χ2n) is 5.77. The van der Waals surface area contributed by atoms with Gasteiger partial charge in [-0.2, -0.15) is 23.5 Å². The van der Waals surface area contributed by atoms with Crippen LogP contribution in [0, 0.1) is 11.8 Å². The average Bonchev–Trinajstić information content (AvgIpc) is 2.46. The minimum atomic E-state index is 0.780. The van der Waals surface area contributed by atoms with Crippen molar-refractivity contribution in [2.24, 2.45) is 11.8 Å². The Kier molecular flexibility index (Phi) is 6.74. The zero-order valence-electron chi connectivity index (χ0n) is 12.0. The molecular formula is C15H29NS2. The maximum atomic E-state index is 3.83. The molecule has 1 N–H and O–H groups in total. The van der Waals surface area contributed by atoms with Crippen LogP contribution >= 0.6 is 23.5 Å². The zero-order chi connectivity index (χ0) is 12.8. The molecule has 0 aromatic carbocycles. The van der Waals surface area contributed by atoms with E-state index in [0.717, 1.165) is 29.7 Å². The second kappa shape index (κ2) is 8.06. The third-order valence-electron chi connectivity index (χ3n) is 4.59. The molecule has 1 heterocycles. The lowest BCUT2D eigenvalue weighted by molar-refractivity contribution is 0.209. The Morgan fingerprint density at radius 3 is 2.78 bits per heavy atom. The van der Waals surface area contributed by atoms with Crippen LogP contribution in [0.1, 0.15) is 46.0 Å². The van der Waals surface area contributed by atoms with Gasteiger partial charge in [-0.1, -0.05) is 33.1 Å². The third kappa shape index (κ3) is 4.08. The molecule has 0 spiro atoms. The van der Waals surface area contributed by atoms with Gasteiger partial charge < -0.3 is 5.32 Å². The minimum absolute atomic E-state index is 0.780. The van der Waals surface area contributed by atoms with Gasteiger partial charge >= 0.3 is 0 Å². The predicted molar refractivity (Wildman–Crippen MR) is 86.8 cm³/mol. The lowest BCUT2D eigenvalue weighted by Crippen LogP contribution is -2.47. The van der Waals surface area contributed by atoms with Gasteiger partial charge in [-0.3, -0.25) is 0 Å². The monoisotopic (exact) mass is 287 g/mol. The van der Waals surface area contributed by atoms with Crippen LogP contribution in [0.3, 0.4) is 0 Å². The Balaban J connectivity index is 1.94. The van der Waals surface area contributed by atoms with Gasteiger partial charge in [-0.05, 0) is 31.2 Å². The van der Waals surface area contributed by atoms with Crippen molar-refractivity contribution in [3.05, 3.63) is 0 Å². The van der Waals surface area contributed by atoms with Crippen molar-refractivity contribution >= 4 is 23.5 Å². The quantitative estimate of drug-likeness (QED) is 0.820. The Morgan fingerprint density at radius 2 is 2.11 bits per heavy atom. The molecule has 4 unspecified atom stereocenters. The van der Waals surface area contributed by atoms with Gasteiger partial charge in [0.25, 0.3) is 0 Å². The van der Waals surface area contributed by atoms with Gasteiger partial charge in [0, 0.05) is 28.6 Å². The molecule has 0 aromatic heterocycles. The molecule has 0 aromatic rings. The summed E-state index contributed by atoms with van der Waals surface area (Å²) in [6.45, 7) is 5.79. The van der Waals surface area contributed by atoms with E-state index in [1.807, 2.05) is 0 Å². The largest absolute Gasteiger partial charge is 0.313 e. The number of nitrogens with one attached hydrogen (secondary N) is 1. The van der Waals surface area contributed by atoms with Crippen molar-refractivity contribution in [2.75, 3.05) is 23.8 Å². The van der Waals surface area contributed by atoms with E-state index in [0.29, 0.717) is 0 Å². The molecule has 0 radical (unpaired) electrons. The van der Waals surface area contributed by atoms with Crippen molar-refractivity contribution in [1.29, 1.82) is 0 Å². The van der Waals surface area contributed by atoms with Crippen LogP contribution in [0.2, 0.25) is 0 Å². The molecule has 2 aliphatic rings. The van der Waals surface area contributed by atoms with Crippen molar-refractivity contribution in [3.63, 3.8) is 0 Å². The highest BCUT2D eigenvalue weighted by molar-refractivity contribution is 8.06. The highest BCUT2D eigenvalue weighted by Gasteiger charge is 2.33. The summed E-state index contributed by atoms with van der Waals surface area (Å²) >= 11 is 4.40. The fourth-order valence-corrected chi connectivity index (χ4v) is 6.54. The Morgan fingerprint density at radius 1 is 1.22 bits per heavy atom. The molecule has 1 saturated carbocycles. The Labute approximate surface area is 122 Å². The molecule has 3 heteroatoms. The first-order valence-electron chi connectivity index (χ1n) is 7.77. The van der Waals surface area contributed by atoms with Crippen molar-refractivity contribution < 1.29 is 0 Å². The number of hydrogen-bond donors (Lipinski definition) is 1. The average molecular weight is 288 g/mol. The molecule has 2 fully saturated rings. The maximum absolute atomic E-state index is 3.83. The van der Waals surface area contributed by atoms with Crippen LogP contribution in [0.4, 0.5) is 0 Å². The van der Waals surface area contributed by atoms with Crippen molar-refractivity contribution in [1.82, 2.24) is 5.32 Å². The molecule has 2 rings (SSSR count). The number of thioether (sulfide) groups is 2. The van der Waals surface area contributed by atoms with Crippen LogP contribution < -0.4 is 5.32 Å². The van der Waals surface area contributed by atoms with Crippen LogP contribution in [0.15, 0.2) is 0 Å². The summed E-state index contributed by atoms with van der Waals surface area (Å²) in [5, 5.41) is 4.70. The Bertz CT molecular complexity index is 229. The highest BCUT2D eigenvalue weighted by Crippen LogP contribution is 2.37. The minimum Gasteiger partial charge on any atom is -0.313 e. The summed E-state index contributed by atoms with van der Waals surface area (Å²) in [5.41, 5.74) is 0. The van der Waals surface area contributed by atoms with Gasteiger partial charge in [-0.25, -0.2) is 0 Å². The van der Waals surface area contributed by atoms with Crippen LogP contribution in [-0.2, 0) is 0 Å². The molecule has 106 valence electrons. The molecule has 0 bridgehead atoms. The third-order valence-corrected chi connectivity index (χ3v) is 7.48. The standard InChI is InChI=1S/C15H29NS2/c1-3-12-6-5-7-13(10-12)15(16-4-2)14-11-17-8-9-18-14/h12-16H,3-11H2,1-2H3. The normalized spacial score (nSPS) is 35.3. The SMILES string of the molecule is CCNC(C1CCCC(CC)C1)C1CSCCS1. The number of hydrogen-bond acceptors (Lipinski definition) is 3. The summed E-state index contributed by atoms with van der Waals surface area (Å²) in [7, 11) is 0. The molecular weight excluding hydrogens is 258 g/mol. The van der Waals surface area contributed by atoms with E-state index in [9.17, 15) is 0 Å². The van der Waals surface area contributed by atoms with Gasteiger partial charge in [0.1, 0.15) is 0 Å². The first-order chi connectivity index (χ1) is 8.85. The summed E-state index contributed by atoms with van der Waals surface area (Å²) in [5.74, 6) is 6.05. The maximum Gasteiger partial charge on any atom is 0.0294 e. The van der Waals surface area contributed by atoms with E-state index >= 15 is 0 Å². The van der Waals surface area contributed by atoms with Gasteiger partial charge in [0.15, 0.2) is 0 Å². The zero-order valence-corrected chi connectivity index (χ0v) is 13.6. The molecule has 1 aliphatic heterocycles. The van der Waals surface area contributed by atoms with Gasteiger partial charge in [0.05, 0.1) is 0 Å². The lowest BCUT2D eigenvalue weighted by atomic mass is 9.76. The first-order valence-corrected chi connectivity index (χ1v) is 9.98. The van der Waals surface area contributed by atoms with Crippen LogP contribution in [0.5, 0.6) is 0 Å². The Hall–Kier alpha value is 0.660. The number of rotatable bonds is 5. The van der Waals surface area contributed by atoms with Crippen LogP contribution in [0.25, 0.3) is 0 Å². The van der Waals surface area contributed by atoms with Gasteiger partial charge in [-0.15, -0.1) is 0 Å². The summed E-state index contributed by atoms with van der Waals surface area (Å²) in [4.78, 5) is 0. The van der Waals surface area contributed by atoms with E-state index in [1.165, 1.54) is 49.4 Å². The molecule has 1 aliphatic carbocycles. The van der Waals surface area contributed by atoms with Crippen molar-refractivity contribution in [2.45, 2.75) is 57.2 Å². The highest BCUT2D eigenvalue weighted by atomic mass is 32.2. The predicted octanol–water partition coefficient (Wildman–Crippen LogP) is 4.03. The topological polar surface area (TPSA) is 12.0 Å². The van der Waals surface area contributed by atoms with Crippen molar-refractivity contribution in [3.8, 4) is 0 Å². The fourth-order valence-electron chi connectivity index (χ4n) is 3.58. The van der Waals surface area contributed by atoms with E-state index in [1.54, 1.807) is 0 Å². The van der Waals surface area contributed by atoms with Crippen LogP contribution in [-0.4, -0.2) is 35.1 Å². The molecule has 1 nitrogen and oxygen atoms in total. The molecule has 4 atom stereocenters. The molecule has 1 saturated heterocycles. The van der Waals surface area contributed by atoms with E-state index in [-0.39, 0.29) is 0 Å². The van der Waals surface area contributed by atoms with E-state index in [2.05, 4.69) is 42.7 Å². The summed E-state index contributed by atoms with van der Waals surface area (Å²) in [6.07, 6.45) is 7.29. The van der Waals surface area contributed by atoms with E-state index < -0.39 is 0 Å². The fraction of sp³-hybridized carbons (Fsp3) is 1.00. The smallest absolute Gasteiger partial charge is 0.0294 e. The lowest BCUT2D eigenvalue weighted by Gasteiger charge is -2.39.